The van der Waals surface area contributed by atoms with Crippen LogP contribution in [0.25, 0.3) is 0 Å². The summed E-state index contributed by atoms with van der Waals surface area (Å²) in [5, 5.41) is 0. The normalized spacial score (nSPS) is 12.9. The van der Waals surface area contributed by atoms with Crippen LogP contribution in [-0.4, -0.2) is 87.5 Å². The second kappa shape index (κ2) is 43.4. The summed E-state index contributed by atoms with van der Waals surface area (Å²) in [6.45, 7) is 9.33. The van der Waals surface area contributed by atoms with Crippen molar-refractivity contribution >= 4 is 23.9 Å². The fraction of sp³-hybridized carbons (Fsp3) is 0.920. The SMILES string of the molecule is CCCCCCCCCC(=O)OCC(OC(=O)CCCCCCCCC)C(OCCCN(C)C)C(COC(=O)CCCCCCCCC)OC(=O)CCCCCCCCC. The first-order valence-corrected chi connectivity index (χ1v) is 25.1. The zero-order chi connectivity index (χ0) is 44.3. The van der Waals surface area contributed by atoms with Gasteiger partial charge in [0.25, 0.3) is 0 Å². The van der Waals surface area contributed by atoms with E-state index in [1.807, 2.05) is 14.1 Å². The number of hydrogen-bond donors (Lipinski definition) is 0. The highest BCUT2D eigenvalue weighted by atomic mass is 16.6. The van der Waals surface area contributed by atoms with E-state index in [1.54, 1.807) is 0 Å². The van der Waals surface area contributed by atoms with Gasteiger partial charge >= 0.3 is 23.9 Å². The molecule has 0 fully saturated rings. The monoisotopic (exact) mass is 854 g/mol. The van der Waals surface area contributed by atoms with Gasteiger partial charge in [-0.3, -0.25) is 19.2 Å². The molecule has 10 nitrogen and oxygen atoms in total. The Kier molecular flexibility index (Phi) is 41.9. The number of unbranched alkanes of at least 4 members (excludes halogenated alkanes) is 24. The lowest BCUT2D eigenvalue weighted by Gasteiger charge is -2.32. The molecule has 0 aromatic heterocycles. The third kappa shape index (κ3) is 37.6. The second-order valence-corrected chi connectivity index (χ2v) is 17.4. The molecular formula is C50H95NO9. The third-order valence-electron chi connectivity index (χ3n) is 11.1. The Morgan fingerprint density at radius 1 is 0.383 bits per heavy atom. The summed E-state index contributed by atoms with van der Waals surface area (Å²) in [7, 11) is 3.96. The van der Waals surface area contributed by atoms with Crippen molar-refractivity contribution in [2.24, 2.45) is 0 Å². The Bertz CT molecular complexity index is 936. The molecule has 0 aliphatic heterocycles. The zero-order valence-corrected chi connectivity index (χ0v) is 40.0. The molecular weight excluding hydrogens is 759 g/mol. The molecule has 2 unspecified atom stereocenters. The quantitative estimate of drug-likeness (QED) is 0.0333. The Morgan fingerprint density at radius 2 is 0.667 bits per heavy atom. The molecule has 354 valence electrons. The van der Waals surface area contributed by atoms with Gasteiger partial charge in [0.15, 0.2) is 12.2 Å². The largest absolute Gasteiger partial charge is 0.462 e. The smallest absolute Gasteiger partial charge is 0.306 e. The average Bonchev–Trinajstić information content (AvgIpc) is 3.22. The van der Waals surface area contributed by atoms with E-state index >= 15 is 0 Å². The Balaban J connectivity index is 6.14. The Morgan fingerprint density at radius 3 is 0.967 bits per heavy atom. The van der Waals surface area contributed by atoms with Crippen molar-refractivity contribution in [3.63, 3.8) is 0 Å². The lowest BCUT2D eigenvalue weighted by molar-refractivity contribution is -0.193. The minimum absolute atomic E-state index is 0.222. The maximum atomic E-state index is 13.5. The number of nitrogens with zero attached hydrogens (tertiary/aromatic N) is 1. The summed E-state index contributed by atoms with van der Waals surface area (Å²) in [5.74, 6) is -1.56. The van der Waals surface area contributed by atoms with E-state index in [2.05, 4.69) is 32.6 Å². The van der Waals surface area contributed by atoms with E-state index in [0.29, 0.717) is 19.3 Å². The summed E-state index contributed by atoms with van der Waals surface area (Å²) in [4.78, 5) is 55.1. The standard InChI is InChI=1S/C50H95NO9/c1-7-11-15-19-23-27-31-36-46(52)57-42-44(59-48(54)38-33-29-25-21-17-13-9-3)50(56-41-35-40-51(5)6)45(60-49(55)39-34-30-26-22-18-14-10-4)43-58-47(53)37-32-28-24-20-16-12-8-2/h44-45,50H,7-43H2,1-6H3. The first kappa shape index (κ1) is 57.8. The number of carbonyl (C=O) groups excluding carboxylic acids is 4. The fourth-order valence-corrected chi connectivity index (χ4v) is 7.30. The fourth-order valence-electron chi connectivity index (χ4n) is 7.30. The van der Waals surface area contributed by atoms with Crippen LogP contribution in [0.5, 0.6) is 0 Å². The third-order valence-corrected chi connectivity index (χ3v) is 11.1. The van der Waals surface area contributed by atoms with E-state index in [-0.39, 0.29) is 57.4 Å². The topological polar surface area (TPSA) is 118 Å². The molecule has 10 heteroatoms. The van der Waals surface area contributed by atoms with Gasteiger partial charge in [0.1, 0.15) is 19.3 Å². The molecule has 0 saturated heterocycles. The van der Waals surface area contributed by atoms with Gasteiger partial charge < -0.3 is 28.6 Å². The van der Waals surface area contributed by atoms with Crippen molar-refractivity contribution in [2.75, 3.05) is 40.5 Å². The maximum absolute atomic E-state index is 13.5. The molecule has 0 amide bonds. The summed E-state index contributed by atoms with van der Waals surface area (Å²) in [6, 6.07) is 0. The van der Waals surface area contributed by atoms with Crippen molar-refractivity contribution in [1.29, 1.82) is 0 Å². The number of esters is 4. The average molecular weight is 854 g/mol. The van der Waals surface area contributed by atoms with Gasteiger partial charge in [0.2, 0.25) is 0 Å². The van der Waals surface area contributed by atoms with Crippen LogP contribution in [0.4, 0.5) is 0 Å². The predicted octanol–water partition coefficient (Wildman–Crippen LogP) is 12.8. The molecule has 0 spiro atoms. The molecule has 0 aliphatic rings. The van der Waals surface area contributed by atoms with Crippen LogP contribution in [0.1, 0.15) is 240 Å². The van der Waals surface area contributed by atoms with E-state index in [9.17, 15) is 19.2 Å². The van der Waals surface area contributed by atoms with Crippen molar-refractivity contribution in [2.45, 2.75) is 258 Å². The van der Waals surface area contributed by atoms with Gasteiger partial charge in [-0.1, -0.05) is 182 Å². The van der Waals surface area contributed by atoms with Crippen LogP contribution < -0.4 is 0 Å². The van der Waals surface area contributed by atoms with Crippen LogP contribution in [0.3, 0.4) is 0 Å². The summed E-state index contributed by atoms with van der Waals surface area (Å²) < 4.78 is 30.3. The van der Waals surface area contributed by atoms with Gasteiger partial charge in [-0.25, -0.2) is 0 Å². The van der Waals surface area contributed by atoms with Gasteiger partial charge in [0.05, 0.1) is 0 Å². The molecule has 0 heterocycles. The highest BCUT2D eigenvalue weighted by molar-refractivity contribution is 5.71. The Hall–Kier alpha value is -2.20. The zero-order valence-electron chi connectivity index (χ0n) is 40.0. The van der Waals surface area contributed by atoms with Crippen LogP contribution in [-0.2, 0) is 42.9 Å². The van der Waals surface area contributed by atoms with Crippen molar-refractivity contribution in [1.82, 2.24) is 4.90 Å². The predicted molar refractivity (Wildman–Crippen MR) is 245 cm³/mol. The molecule has 0 aromatic carbocycles. The highest BCUT2D eigenvalue weighted by Crippen LogP contribution is 2.20. The van der Waals surface area contributed by atoms with E-state index in [4.69, 9.17) is 23.7 Å². The molecule has 0 rings (SSSR count). The minimum atomic E-state index is -1.06. The van der Waals surface area contributed by atoms with E-state index < -0.39 is 30.3 Å². The van der Waals surface area contributed by atoms with Crippen molar-refractivity contribution < 1.29 is 42.9 Å². The van der Waals surface area contributed by atoms with Crippen molar-refractivity contribution in [3.05, 3.63) is 0 Å². The van der Waals surface area contributed by atoms with Crippen LogP contribution >= 0.6 is 0 Å². The summed E-state index contributed by atoms with van der Waals surface area (Å²) in [5.41, 5.74) is 0. The number of hydrogen-bond acceptors (Lipinski definition) is 10. The minimum Gasteiger partial charge on any atom is -0.462 e. The molecule has 0 radical (unpaired) electrons. The lowest BCUT2D eigenvalue weighted by Crippen LogP contribution is -2.49. The Labute approximate surface area is 369 Å². The van der Waals surface area contributed by atoms with E-state index in [0.717, 1.165) is 96.4 Å². The van der Waals surface area contributed by atoms with Gasteiger partial charge in [-0.2, -0.15) is 0 Å². The van der Waals surface area contributed by atoms with Gasteiger partial charge in [-0.05, 0) is 52.7 Å². The molecule has 0 bridgehead atoms. The number of rotatable bonds is 45. The number of carbonyl (C=O) groups is 4. The molecule has 0 saturated carbocycles. The maximum Gasteiger partial charge on any atom is 0.306 e. The van der Waals surface area contributed by atoms with Crippen LogP contribution in [0, 0.1) is 0 Å². The highest BCUT2D eigenvalue weighted by Gasteiger charge is 2.38. The van der Waals surface area contributed by atoms with Crippen LogP contribution in [0.15, 0.2) is 0 Å². The first-order valence-electron chi connectivity index (χ1n) is 25.1. The first-order chi connectivity index (χ1) is 29.2. The summed E-state index contributed by atoms with van der Waals surface area (Å²) >= 11 is 0. The lowest BCUT2D eigenvalue weighted by atomic mass is 10.1. The summed E-state index contributed by atoms with van der Waals surface area (Å²) in [6.07, 6.45) is 28.5. The van der Waals surface area contributed by atoms with Crippen LogP contribution in [0.2, 0.25) is 0 Å². The molecule has 0 aromatic rings. The molecule has 2 atom stereocenters. The molecule has 60 heavy (non-hydrogen) atoms. The van der Waals surface area contributed by atoms with Gasteiger partial charge in [0, 0.05) is 32.3 Å². The molecule has 0 N–H and O–H groups in total. The van der Waals surface area contributed by atoms with Crippen molar-refractivity contribution in [3.8, 4) is 0 Å². The number of ether oxygens (including phenoxy) is 5. The van der Waals surface area contributed by atoms with Gasteiger partial charge in [-0.15, -0.1) is 0 Å². The molecule has 0 aliphatic carbocycles. The second-order valence-electron chi connectivity index (χ2n) is 17.4. The van der Waals surface area contributed by atoms with E-state index in [1.165, 1.54) is 77.0 Å².